The highest BCUT2D eigenvalue weighted by molar-refractivity contribution is 5.86. The molecule has 0 saturated carbocycles. The number of ether oxygens (including phenoxy) is 1. The van der Waals surface area contributed by atoms with E-state index in [0.717, 1.165) is 12.1 Å². The number of benzene rings is 1. The van der Waals surface area contributed by atoms with Crippen molar-refractivity contribution in [2.24, 2.45) is 0 Å². The summed E-state index contributed by atoms with van der Waals surface area (Å²) in [5, 5.41) is 2.53. The number of hydrogen-bond acceptors (Lipinski definition) is 4. The van der Waals surface area contributed by atoms with Gasteiger partial charge in [-0.3, -0.25) is 4.79 Å². The smallest absolute Gasteiger partial charge is 0.416 e. The average molecular weight is 447 g/mol. The molecule has 0 aliphatic carbocycles. The van der Waals surface area contributed by atoms with Crippen LogP contribution in [0, 0.1) is 5.82 Å². The van der Waals surface area contributed by atoms with Crippen molar-refractivity contribution in [3.63, 3.8) is 0 Å². The van der Waals surface area contributed by atoms with E-state index < -0.39 is 41.2 Å². The van der Waals surface area contributed by atoms with E-state index in [1.165, 1.54) is 4.90 Å². The van der Waals surface area contributed by atoms with Crippen LogP contribution in [0.3, 0.4) is 0 Å². The molecule has 1 aliphatic rings. The number of alkyl carbamates (subject to hydrolysis) is 1. The van der Waals surface area contributed by atoms with Gasteiger partial charge in [0.05, 0.1) is 5.56 Å². The number of likely N-dealkylation sites (tertiary alicyclic amines) is 1. The van der Waals surface area contributed by atoms with Crippen LogP contribution in [0.25, 0.3) is 0 Å². The first-order valence-corrected chi connectivity index (χ1v) is 9.97. The van der Waals surface area contributed by atoms with Crippen molar-refractivity contribution < 1.29 is 31.9 Å². The fourth-order valence-electron chi connectivity index (χ4n) is 3.48. The first-order chi connectivity index (χ1) is 14.2. The van der Waals surface area contributed by atoms with Crippen LogP contribution in [-0.2, 0) is 22.3 Å². The molecule has 0 spiro atoms. The van der Waals surface area contributed by atoms with Gasteiger partial charge in [0.15, 0.2) is 0 Å². The highest BCUT2D eigenvalue weighted by Gasteiger charge is 2.38. The zero-order chi connectivity index (χ0) is 23.6. The average Bonchev–Trinajstić information content (AvgIpc) is 2.59. The molecule has 2 rings (SSSR count). The molecule has 174 valence electrons. The largest absolute Gasteiger partial charge is 0.444 e. The molecule has 10 heteroatoms. The van der Waals surface area contributed by atoms with Gasteiger partial charge in [0.2, 0.25) is 5.91 Å². The maximum absolute atomic E-state index is 14.3. The van der Waals surface area contributed by atoms with Gasteiger partial charge < -0.3 is 19.9 Å². The van der Waals surface area contributed by atoms with Crippen molar-refractivity contribution in [2.45, 2.75) is 64.0 Å². The Hall–Kier alpha value is -2.36. The van der Waals surface area contributed by atoms with Crippen LogP contribution in [0.15, 0.2) is 18.2 Å². The number of hydrogen-bond donors (Lipinski definition) is 1. The molecule has 0 bridgehead atoms. The van der Waals surface area contributed by atoms with Crippen LogP contribution in [0.5, 0.6) is 0 Å². The number of nitrogens with zero attached hydrogens (tertiary/aromatic N) is 2. The topological polar surface area (TPSA) is 61.9 Å². The lowest BCUT2D eigenvalue weighted by Gasteiger charge is -2.40. The number of amides is 2. The van der Waals surface area contributed by atoms with E-state index in [1.54, 1.807) is 34.9 Å². The van der Waals surface area contributed by atoms with Crippen LogP contribution in [0.1, 0.15) is 44.7 Å². The number of piperidine rings is 1. The molecule has 0 aromatic heterocycles. The maximum atomic E-state index is 14.3. The van der Waals surface area contributed by atoms with Crippen LogP contribution in [0.4, 0.5) is 22.4 Å². The number of nitrogens with one attached hydrogen (secondary N) is 1. The molecule has 6 nitrogen and oxygen atoms in total. The van der Waals surface area contributed by atoms with E-state index in [9.17, 15) is 27.2 Å². The molecule has 1 aliphatic heterocycles. The summed E-state index contributed by atoms with van der Waals surface area (Å²) in [6, 6.07) is 0.904. The second-order valence-electron chi connectivity index (χ2n) is 8.96. The summed E-state index contributed by atoms with van der Waals surface area (Å²) < 4.78 is 58.7. The Morgan fingerprint density at radius 3 is 2.42 bits per heavy atom. The third-order valence-electron chi connectivity index (χ3n) is 4.79. The van der Waals surface area contributed by atoms with E-state index in [1.807, 2.05) is 4.90 Å². The highest BCUT2D eigenvalue weighted by atomic mass is 19.4. The number of carbonyl (C=O) groups excluding carboxylic acids is 2. The summed E-state index contributed by atoms with van der Waals surface area (Å²) in [5.74, 6) is -1.31. The summed E-state index contributed by atoms with van der Waals surface area (Å²) in [7, 11) is 3.61. The van der Waals surface area contributed by atoms with Crippen molar-refractivity contribution in [1.82, 2.24) is 15.1 Å². The number of alkyl halides is 3. The van der Waals surface area contributed by atoms with E-state index in [-0.39, 0.29) is 18.2 Å². The van der Waals surface area contributed by atoms with E-state index >= 15 is 0 Å². The lowest BCUT2D eigenvalue weighted by Crippen LogP contribution is -2.58. The highest BCUT2D eigenvalue weighted by Crippen LogP contribution is 2.31. The normalized spacial score (nSPS) is 20.2. The summed E-state index contributed by atoms with van der Waals surface area (Å²) in [6.45, 7) is 5.17. The number of halogens is 4. The van der Waals surface area contributed by atoms with Gasteiger partial charge >= 0.3 is 12.3 Å². The predicted molar refractivity (Wildman–Crippen MR) is 107 cm³/mol. The second-order valence-corrected chi connectivity index (χ2v) is 8.96. The third-order valence-corrected chi connectivity index (χ3v) is 4.79. The minimum Gasteiger partial charge on any atom is -0.444 e. The minimum atomic E-state index is -4.63. The van der Waals surface area contributed by atoms with Gasteiger partial charge in [-0.05, 0) is 65.9 Å². The fourth-order valence-corrected chi connectivity index (χ4v) is 3.48. The Bertz CT molecular complexity index is 806. The van der Waals surface area contributed by atoms with Crippen molar-refractivity contribution in [1.29, 1.82) is 0 Å². The zero-order valence-electron chi connectivity index (χ0n) is 18.3. The van der Waals surface area contributed by atoms with Crippen LogP contribution >= 0.6 is 0 Å². The Kier molecular flexibility index (Phi) is 7.57. The molecule has 1 heterocycles. The molecule has 1 fully saturated rings. The third kappa shape index (κ3) is 7.09. The minimum absolute atomic E-state index is 0.232. The Labute approximate surface area is 179 Å². The maximum Gasteiger partial charge on any atom is 0.416 e. The van der Waals surface area contributed by atoms with Gasteiger partial charge in [0, 0.05) is 24.7 Å². The van der Waals surface area contributed by atoms with Crippen molar-refractivity contribution in [2.75, 3.05) is 20.6 Å². The molecule has 0 radical (unpaired) electrons. The van der Waals surface area contributed by atoms with Gasteiger partial charge in [0.25, 0.3) is 0 Å². The Morgan fingerprint density at radius 1 is 1.23 bits per heavy atom. The number of rotatable bonds is 5. The summed E-state index contributed by atoms with van der Waals surface area (Å²) in [5.41, 5.74) is -1.97. The van der Waals surface area contributed by atoms with E-state index in [4.69, 9.17) is 4.74 Å². The number of likely N-dealkylation sites (N-methyl/N-ethyl adjacent to an activating group) is 1. The van der Waals surface area contributed by atoms with E-state index in [0.29, 0.717) is 25.5 Å². The zero-order valence-corrected chi connectivity index (χ0v) is 18.3. The van der Waals surface area contributed by atoms with Crippen LogP contribution in [0.2, 0.25) is 0 Å². The summed E-state index contributed by atoms with van der Waals surface area (Å²) >= 11 is 0. The second kappa shape index (κ2) is 9.42. The summed E-state index contributed by atoms with van der Waals surface area (Å²) in [4.78, 5) is 28.4. The standard InChI is InChI=1S/C21H29F4N3O3/c1-20(2,3)31-19(30)26-17-9-7-15(12-27(4)5)28(18(17)29)11-13-10-14(21(23,24)25)6-8-16(13)22/h6,8,10,15,17H,7,9,11-12H2,1-5H3,(H,26,30)/t15-,17+/m0/s1. The molecule has 1 saturated heterocycles. The first kappa shape index (κ1) is 24.9. The first-order valence-electron chi connectivity index (χ1n) is 9.97. The SMILES string of the molecule is CN(C)C[C@@H]1CC[C@@H](NC(=O)OC(C)(C)C)C(=O)N1Cc1cc(C(F)(F)F)ccc1F. The van der Waals surface area contributed by atoms with Gasteiger partial charge in [-0.1, -0.05) is 0 Å². The van der Waals surface area contributed by atoms with Gasteiger partial charge in [0.1, 0.15) is 17.5 Å². The molecule has 1 aromatic carbocycles. The molecule has 2 atom stereocenters. The van der Waals surface area contributed by atoms with Gasteiger partial charge in [-0.25, -0.2) is 9.18 Å². The van der Waals surface area contributed by atoms with Crippen LogP contribution < -0.4 is 5.32 Å². The van der Waals surface area contributed by atoms with Gasteiger partial charge in [-0.2, -0.15) is 13.2 Å². The van der Waals surface area contributed by atoms with Gasteiger partial charge in [-0.15, -0.1) is 0 Å². The van der Waals surface area contributed by atoms with Crippen molar-refractivity contribution >= 4 is 12.0 Å². The molecule has 1 aromatic rings. The van der Waals surface area contributed by atoms with E-state index in [2.05, 4.69) is 5.32 Å². The molecule has 0 unspecified atom stereocenters. The van der Waals surface area contributed by atoms with Crippen molar-refractivity contribution in [3.8, 4) is 0 Å². The lowest BCUT2D eigenvalue weighted by molar-refractivity contribution is -0.140. The monoisotopic (exact) mass is 447 g/mol. The van der Waals surface area contributed by atoms with Crippen LogP contribution in [-0.4, -0.2) is 60.1 Å². The molecule has 2 amide bonds. The van der Waals surface area contributed by atoms with Crippen molar-refractivity contribution in [3.05, 3.63) is 35.1 Å². The Morgan fingerprint density at radius 2 is 1.87 bits per heavy atom. The molecule has 31 heavy (non-hydrogen) atoms. The molecular weight excluding hydrogens is 418 g/mol. The summed E-state index contributed by atoms with van der Waals surface area (Å²) in [6.07, 6.45) is -4.55. The lowest BCUT2D eigenvalue weighted by atomic mass is 9.95. The molecular formula is C21H29F4N3O3. The predicted octanol–water partition coefficient (Wildman–Crippen LogP) is 3.79. The quantitative estimate of drug-likeness (QED) is 0.698. The molecule has 1 N–H and O–H groups in total. The Balaban J connectivity index is 2.27. The number of carbonyl (C=O) groups is 2. The fraction of sp³-hybridized carbons (Fsp3) is 0.619.